The van der Waals surface area contributed by atoms with E-state index < -0.39 is 0 Å². The van der Waals surface area contributed by atoms with Crippen LogP contribution in [-0.2, 0) is 0 Å². The lowest BCUT2D eigenvalue weighted by molar-refractivity contribution is -0.595. The highest BCUT2D eigenvalue weighted by atomic mass is 35.5. The molecule has 0 N–H and O–H groups in total. The summed E-state index contributed by atoms with van der Waals surface area (Å²) in [7, 11) is 0. The third-order valence-corrected chi connectivity index (χ3v) is 7.61. The molecule has 0 saturated carbocycles. The predicted molar refractivity (Wildman–Crippen MR) is 163 cm³/mol. The number of para-hydroxylation sites is 1. The van der Waals surface area contributed by atoms with Crippen molar-refractivity contribution in [2.24, 2.45) is 0 Å². The Labute approximate surface area is 244 Å². The van der Waals surface area contributed by atoms with Crippen molar-refractivity contribution in [3.05, 3.63) is 139 Å². The largest absolute Gasteiger partial charge is 1.00 e. The Kier molecular flexibility index (Phi) is 7.91. The number of halogens is 1. The number of hydrogen-bond donors (Lipinski definition) is 0. The first kappa shape index (κ1) is 27.4. The van der Waals surface area contributed by atoms with E-state index in [9.17, 15) is 0 Å². The van der Waals surface area contributed by atoms with Gasteiger partial charge in [0.05, 0.1) is 0 Å². The predicted octanol–water partition coefficient (Wildman–Crippen LogP) is 6.47. The fourth-order valence-electron chi connectivity index (χ4n) is 5.61. The molecule has 0 saturated heterocycles. The van der Waals surface area contributed by atoms with Crippen LogP contribution in [0.4, 0.5) is 0 Å². The van der Waals surface area contributed by atoms with Gasteiger partial charge in [-0.15, -0.1) is 0 Å². The van der Waals surface area contributed by atoms with Gasteiger partial charge in [0.15, 0.2) is 5.52 Å². The molecule has 40 heavy (non-hydrogen) atoms. The van der Waals surface area contributed by atoms with Gasteiger partial charge < -0.3 is 12.4 Å². The third-order valence-electron chi connectivity index (χ3n) is 7.61. The molecule has 2 aromatic heterocycles. The zero-order valence-electron chi connectivity index (χ0n) is 23.6. The highest BCUT2D eigenvalue weighted by Gasteiger charge is 2.22. The first-order valence-electron chi connectivity index (χ1n) is 13.9. The first-order valence-corrected chi connectivity index (χ1v) is 13.9. The molecule has 0 radical (unpaired) electrons. The Morgan fingerprint density at radius 1 is 0.525 bits per heavy atom. The summed E-state index contributed by atoms with van der Waals surface area (Å²) >= 11 is 0. The number of hydrogen-bond acceptors (Lipinski definition) is 0. The van der Waals surface area contributed by atoms with E-state index in [4.69, 9.17) is 0 Å². The van der Waals surface area contributed by atoms with E-state index in [0.717, 1.165) is 0 Å². The van der Waals surface area contributed by atoms with Crippen molar-refractivity contribution in [1.82, 2.24) is 4.40 Å². The molecule has 0 amide bonds. The van der Waals surface area contributed by atoms with E-state index in [1.54, 1.807) is 0 Å². The molecule has 0 atom stereocenters. The molecular weight excluding hydrogens is 508 g/mol. The standard InChI is InChI=1S/C37H35N2.ClH/c1-26(2)34-18-12-19-35(27(3)4)37(34)38-24-33-17-11-20-36(39(33)25-38)32-22-30(28-13-7-5-8-14-28)21-31(23-32)29-15-9-6-10-16-29;/h5-27H,1-4H3;1H/q+1;/p-1. The molecular formula is C37H35ClN2. The molecule has 6 rings (SSSR count). The van der Waals surface area contributed by atoms with Gasteiger partial charge in [0.25, 0.3) is 6.33 Å². The molecule has 0 unspecified atom stereocenters. The Hall–Kier alpha value is -4.14. The SMILES string of the molecule is CC(C)c1cccc(C(C)C)c1-[n+]1cc2cccc(-c3cc(-c4ccccc4)cc(-c4ccccc4)c3)n2c1.[Cl-]. The van der Waals surface area contributed by atoms with Gasteiger partial charge in [-0.2, -0.15) is 4.40 Å². The minimum atomic E-state index is 0. The van der Waals surface area contributed by atoms with Gasteiger partial charge in [-0.25, -0.2) is 4.57 Å². The van der Waals surface area contributed by atoms with E-state index >= 15 is 0 Å². The van der Waals surface area contributed by atoms with Crippen LogP contribution in [0.25, 0.3) is 44.7 Å². The number of fused-ring (bicyclic) bond motifs is 1. The molecule has 2 heterocycles. The van der Waals surface area contributed by atoms with Crippen LogP contribution < -0.4 is 17.0 Å². The zero-order chi connectivity index (χ0) is 26.9. The van der Waals surface area contributed by atoms with Crippen LogP contribution in [0.5, 0.6) is 0 Å². The average Bonchev–Trinajstić information content (AvgIpc) is 3.42. The van der Waals surface area contributed by atoms with Gasteiger partial charge in [-0.1, -0.05) is 113 Å². The molecule has 0 aliphatic carbocycles. The van der Waals surface area contributed by atoms with Crippen molar-refractivity contribution in [3.63, 3.8) is 0 Å². The Morgan fingerprint density at radius 3 is 1.55 bits per heavy atom. The summed E-state index contributed by atoms with van der Waals surface area (Å²) in [6, 6.07) is 41.6. The lowest BCUT2D eigenvalue weighted by Crippen LogP contribution is -3.00. The van der Waals surface area contributed by atoms with Crippen molar-refractivity contribution in [2.75, 3.05) is 0 Å². The van der Waals surface area contributed by atoms with Gasteiger partial charge in [0.2, 0.25) is 0 Å². The third kappa shape index (κ3) is 5.20. The fraction of sp³-hybridized carbons (Fsp3) is 0.162. The highest BCUT2D eigenvalue weighted by molar-refractivity contribution is 5.81. The van der Waals surface area contributed by atoms with E-state index in [-0.39, 0.29) is 12.4 Å². The summed E-state index contributed by atoms with van der Waals surface area (Å²) in [6.45, 7) is 9.13. The molecule has 0 aliphatic heterocycles. The molecule has 2 nitrogen and oxygen atoms in total. The Bertz CT molecular complexity index is 1660. The minimum Gasteiger partial charge on any atom is -1.00 e. The molecule has 200 valence electrons. The average molecular weight is 543 g/mol. The van der Waals surface area contributed by atoms with E-state index in [2.05, 4.69) is 164 Å². The highest BCUT2D eigenvalue weighted by Crippen LogP contribution is 2.34. The molecule has 0 aliphatic rings. The van der Waals surface area contributed by atoms with Crippen LogP contribution in [0.3, 0.4) is 0 Å². The zero-order valence-corrected chi connectivity index (χ0v) is 24.3. The van der Waals surface area contributed by atoms with Crippen LogP contribution in [0.1, 0.15) is 50.7 Å². The topological polar surface area (TPSA) is 8.29 Å². The fourth-order valence-corrected chi connectivity index (χ4v) is 5.61. The number of nitrogens with zero attached hydrogens (tertiary/aromatic N) is 2. The maximum absolute atomic E-state index is 2.34. The smallest absolute Gasteiger partial charge is 0.254 e. The number of rotatable bonds is 6. The van der Waals surface area contributed by atoms with Crippen molar-refractivity contribution in [3.8, 4) is 39.2 Å². The summed E-state index contributed by atoms with van der Waals surface area (Å²) in [6.07, 6.45) is 4.53. The Balaban J connectivity index is 0.00000323. The van der Waals surface area contributed by atoms with Gasteiger partial charge in [-0.3, -0.25) is 0 Å². The second kappa shape index (κ2) is 11.5. The van der Waals surface area contributed by atoms with E-state index in [1.807, 2.05) is 0 Å². The van der Waals surface area contributed by atoms with E-state index in [1.165, 1.54) is 55.8 Å². The lowest BCUT2D eigenvalue weighted by atomic mass is 9.92. The maximum Gasteiger partial charge on any atom is 0.254 e. The van der Waals surface area contributed by atoms with Crippen LogP contribution >= 0.6 is 0 Å². The maximum atomic E-state index is 2.34. The molecule has 0 bridgehead atoms. The second-order valence-corrected chi connectivity index (χ2v) is 11.0. The summed E-state index contributed by atoms with van der Waals surface area (Å²) in [5, 5.41) is 0. The minimum absolute atomic E-state index is 0. The summed E-state index contributed by atoms with van der Waals surface area (Å²) in [5.74, 6) is 0.870. The first-order chi connectivity index (χ1) is 19.0. The summed E-state index contributed by atoms with van der Waals surface area (Å²) in [4.78, 5) is 0. The van der Waals surface area contributed by atoms with Crippen molar-refractivity contribution in [2.45, 2.75) is 39.5 Å². The van der Waals surface area contributed by atoms with Gasteiger partial charge in [0.1, 0.15) is 17.6 Å². The molecule has 0 spiro atoms. The number of imidazole rings is 1. The van der Waals surface area contributed by atoms with Crippen LogP contribution in [0.2, 0.25) is 0 Å². The number of pyridine rings is 1. The van der Waals surface area contributed by atoms with Crippen LogP contribution in [0, 0.1) is 0 Å². The molecule has 6 aromatic rings. The monoisotopic (exact) mass is 542 g/mol. The molecule has 3 heteroatoms. The summed E-state index contributed by atoms with van der Waals surface area (Å²) < 4.78 is 4.67. The quantitative estimate of drug-likeness (QED) is 0.213. The van der Waals surface area contributed by atoms with Crippen molar-refractivity contribution in [1.29, 1.82) is 0 Å². The van der Waals surface area contributed by atoms with Crippen molar-refractivity contribution < 1.29 is 17.0 Å². The number of aromatic nitrogens is 2. The van der Waals surface area contributed by atoms with Gasteiger partial charge in [0, 0.05) is 16.7 Å². The Morgan fingerprint density at radius 2 is 1.02 bits per heavy atom. The molecule has 4 aromatic carbocycles. The van der Waals surface area contributed by atoms with Gasteiger partial charge >= 0.3 is 0 Å². The van der Waals surface area contributed by atoms with E-state index in [0.29, 0.717) is 11.8 Å². The molecule has 0 fully saturated rings. The lowest BCUT2D eigenvalue weighted by Gasteiger charge is -2.16. The van der Waals surface area contributed by atoms with Crippen LogP contribution in [0.15, 0.2) is 128 Å². The van der Waals surface area contributed by atoms with Crippen molar-refractivity contribution >= 4 is 5.52 Å². The van der Waals surface area contributed by atoms with Crippen LogP contribution in [-0.4, -0.2) is 4.40 Å². The second-order valence-electron chi connectivity index (χ2n) is 11.0. The van der Waals surface area contributed by atoms with Gasteiger partial charge in [-0.05, 0) is 64.4 Å². The summed E-state index contributed by atoms with van der Waals surface area (Å²) in [5.41, 5.74) is 12.5. The number of benzene rings is 4. The normalized spacial score (nSPS) is 11.2.